The lowest BCUT2D eigenvalue weighted by atomic mass is 10.7. The van der Waals surface area contributed by atoms with Crippen LogP contribution in [-0.4, -0.2) is 23.5 Å². The van der Waals surface area contributed by atoms with E-state index in [9.17, 15) is 0 Å². The van der Waals surface area contributed by atoms with Crippen molar-refractivity contribution in [3.05, 3.63) is 0 Å². The molecule has 1 nitrogen and oxygen atoms in total. The molecule has 0 aromatic rings. The Kier molecular flexibility index (Phi) is 8.64. The van der Waals surface area contributed by atoms with Crippen LogP contribution in [0.5, 0.6) is 0 Å². The van der Waals surface area contributed by atoms with Gasteiger partial charge in [0, 0.05) is 0 Å². The average Bonchev–Trinajstić information content (AvgIpc) is 1.65. The summed E-state index contributed by atoms with van der Waals surface area (Å²) in [6.07, 6.45) is 0. The summed E-state index contributed by atoms with van der Waals surface area (Å²) in [6, 6.07) is 0.491. The highest BCUT2D eigenvalue weighted by Crippen LogP contribution is 1.99. The Morgan fingerprint density at radius 3 is 2.00 bits per heavy atom. The normalized spacial score (nSPS) is 13.1. The number of halogens is 3. The summed E-state index contributed by atoms with van der Waals surface area (Å²) in [5, 5.41) is 0. The summed E-state index contributed by atoms with van der Waals surface area (Å²) >= 11 is 11.0. The number of rotatable bonds is 2. The molecular formula is C4H10Cl3N. The van der Waals surface area contributed by atoms with Crippen LogP contribution in [0.15, 0.2) is 0 Å². The minimum atomic E-state index is 0. The Morgan fingerprint density at radius 1 is 1.62 bits per heavy atom. The highest BCUT2D eigenvalue weighted by atomic mass is 35.5. The van der Waals surface area contributed by atoms with Gasteiger partial charge in [0.05, 0.1) is 11.5 Å². The van der Waals surface area contributed by atoms with Crippen LogP contribution in [0.4, 0.5) is 0 Å². The number of hydrogen-bond donors (Lipinski definition) is 0. The lowest BCUT2D eigenvalue weighted by Gasteiger charge is -2.13. The second kappa shape index (κ2) is 5.96. The molecule has 0 fully saturated rings. The summed E-state index contributed by atoms with van der Waals surface area (Å²) < 4.78 is 0. The summed E-state index contributed by atoms with van der Waals surface area (Å²) in [7, 11) is 1.87. The molecule has 0 saturated heterocycles. The van der Waals surface area contributed by atoms with E-state index in [0.29, 0.717) is 6.00 Å². The molecule has 4 heteroatoms. The molecule has 0 amide bonds. The topological polar surface area (TPSA) is 3.24 Å². The van der Waals surface area contributed by atoms with E-state index < -0.39 is 0 Å². The molecule has 0 aromatic heterocycles. The van der Waals surface area contributed by atoms with E-state index in [2.05, 4.69) is 0 Å². The van der Waals surface area contributed by atoms with E-state index in [0.717, 1.165) is 0 Å². The van der Waals surface area contributed by atoms with Crippen molar-refractivity contribution in [3.63, 3.8) is 0 Å². The predicted molar refractivity (Wildman–Crippen MR) is 41.0 cm³/mol. The first kappa shape index (κ1) is 11.6. The van der Waals surface area contributed by atoms with Crippen molar-refractivity contribution in [1.29, 1.82) is 0 Å². The van der Waals surface area contributed by atoms with E-state index in [-0.39, 0.29) is 17.9 Å². The second-order valence-corrected chi connectivity index (χ2v) is 2.32. The maximum atomic E-state index is 5.57. The third-order valence-electron chi connectivity index (χ3n) is 0.796. The first-order valence-electron chi connectivity index (χ1n) is 2.08. The smallest absolute Gasteiger partial charge is 0.0828 e. The quantitative estimate of drug-likeness (QED) is 0.463. The molecule has 8 heavy (non-hydrogen) atoms. The summed E-state index contributed by atoms with van der Waals surface area (Å²) in [5.41, 5.74) is 0.0394. The van der Waals surface area contributed by atoms with Gasteiger partial charge < -0.3 is 0 Å². The Bertz CT molecular complexity index is 48.5. The van der Waals surface area contributed by atoms with Crippen molar-refractivity contribution < 1.29 is 0 Å². The first-order valence-corrected chi connectivity index (χ1v) is 3.06. The third-order valence-corrected chi connectivity index (χ3v) is 1.51. The molecule has 1 atom stereocenters. The van der Waals surface area contributed by atoms with Gasteiger partial charge in [0.2, 0.25) is 0 Å². The molecule has 0 aliphatic rings. The Morgan fingerprint density at radius 2 is 2.00 bits per heavy atom. The van der Waals surface area contributed by atoms with Crippen molar-refractivity contribution in [1.82, 2.24) is 4.90 Å². The van der Waals surface area contributed by atoms with Gasteiger partial charge >= 0.3 is 0 Å². The van der Waals surface area contributed by atoms with E-state index in [1.807, 2.05) is 18.9 Å². The molecule has 52 valence electrons. The zero-order valence-corrected chi connectivity index (χ0v) is 7.22. The lowest BCUT2D eigenvalue weighted by Crippen LogP contribution is -2.22. The number of hydrogen-bond acceptors (Lipinski definition) is 1. The minimum absolute atomic E-state index is 0. The van der Waals surface area contributed by atoms with Crippen LogP contribution in [-0.2, 0) is 0 Å². The highest BCUT2D eigenvalue weighted by Gasteiger charge is 1.99. The van der Waals surface area contributed by atoms with Crippen molar-refractivity contribution in [2.45, 2.75) is 12.4 Å². The molecule has 0 aromatic carbocycles. The van der Waals surface area contributed by atoms with Crippen molar-refractivity contribution >= 4 is 35.6 Å². The van der Waals surface area contributed by atoms with E-state index in [1.54, 1.807) is 0 Å². The Hall–Kier alpha value is 0.830. The zero-order chi connectivity index (χ0) is 5.86. The van der Waals surface area contributed by atoms with Gasteiger partial charge in [-0.15, -0.1) is 35.6 Å². The van der Waals surface area contributed by atoms with E-state index >= 15 is 0 Å². The van der Waals surface area contributed by atoms with Crippen molar-refractivity contribution in [2.24, 2.45) is 0 Å². The average molecular weight is 178 g/mol. The van der Waals surface area contributed by atoms with Crippen LogP contribution in [0.1, 0.15) is 6.92 Å². The molecule has 0 heterocycles. The fourth-order valence-corrected chi connectivity index (χ4v) is 0.442. The molecule has 0 radical (unpaired) electrons. The predicted octanol–water partition coefficient (Wildman–Crippen LogP) is 2.12. The van der Waals surface area contributed by atoms with Crippen LogP contribution in [0, 0.1) is 0 Å². The maximum absolute atomic E-state index is 5.57. The fourth-order valence-electron chi connectivity index (χ4n) is 0.0951. The lowest BCUT2D eigenvalue weighted by molar-refractivity contribution is 0.376. The van der Waals surface area contributed by atoms with Crippen LogP contribution in [0.25, 0.3) is 0 Å². The van der Waals surface area contributed by atoms with Crippen LogP contribution >= 0.6 is 35.6 Å². The standard InChI is InChI=1S/C4H9Cl2N.ClH/c1-4(6)7(2)3-5;/h4H,3H2,1-2H3;1H. The summed E-state index contributed by atoms with van der Waals surface area (Å²) in [5.74, 6) is 0. The van der Waals surface area contributed by atoms with Crippen LogP contribution < -0.4 is 0 Å². The third kappa shape index (κ3) is 4.98. The molecule has 0 bridgehead atoms. The molecule has 0 aliphatic carbocycles. The summed E-state index contributed by atoms with van der Waals surface area (Å²) in [6.45, 7) is 1.88. The van der Waals surface area contributed by atoms with E-state index in [4.69, 9.17) is 23.2 Å². The maximum Gasteiger partial charge on any atom is 0.0828 e. The molecule has 1 unspecified atom stereocenters. The SMILES string of the molecule is CC(Cl)N(C)CCl.Cl. The highest BCUT2D eigenvalue weighted by molar-refractivity contribution is 6.21. The zero-order valence-electron chi connectivity index (χ0n) is 4.90. The molecule has 0 rings (SSSR count). The van der Waals surface area contributed by atoms with Crippen molar-refractivity contribution in [3.8, 4) is 0 Å². The van der Waals surface area contributed by atoms with Gasteiger partial charge in [0.1, 0.15) is 0 Å². The second-order valence-electron chi connectivity index (χ2n) is 1.45. The molecule has 0 N–H and O–H groups in total. The Balaban J connectivity index is 0. The first-order chi connectivity index (χ1) is 3.18. The monoisotopic (exact) mass is 177 g/mol. The minimum Gasteiger partial charge on any atom is -0.277 e. The van der Waals surface area contributed by atoms with Gasteiger partial charge in [-0.3, -0.25) is 4.90 Å². The van der Waals surface area contributed by atoms with Crippen LogP contribution in [0.3, 0.4) is 0 Å². The molecular weight excluding hydrogens is 168 g/mol. The number of alkyl halides is 2. The number of nitrogens with zero attached hydrogens (tertiary/aromatic N) is 1. The molecule has 0 spiro atoms. The van der Waals surface area contributed by atoms with Gasteiger partial charge in [0.25, 0.3) is 0 Å². The van der Waals surface area contributed by atoms with Gasteiger partial charge in [-0.05, 0) is 14.0 Å². The Labute approximate surface area is 66.4 Å². The molecule has 0 aliphatic heterocycles. The van der Waals surface area contributed by atoms with Gasteiger partial charge in [-0.1, -0.05) is 0 Å². The summed E-state index contributed by atoms with van der Waals surface area (Å²) in [4.78, 5) is 1.82. The largest absolute Gasteiger partial charge is 0.277 e. The van der Waals surface area contributed by atoms with E-state index in [1.165, 1.54) is 0 Å². The molecule has 0 saturated carbocycles. The van der Waals surface area contributed by atoms with Gasteiger partial charge in [-0.25, -0.2) is 0 Å². The van der Waals surface area contributed by atoms with Crippen molar-refractivity contribution in [2.75, 3.05) is 13.1 Å². The van der Waals surface area contributed by atoms with Crippen LogP contribution in [0.2, 0.25) is 0 Å². The van der Waals surface area contributed by atoms with Gasteiger partial charge in [-0.2, -0.15) is 0 Å². The van der Waals surface area contributed by atoms with Gasteiger partial charge in [0.15, 0.2) is 0 Å². The fraction of sp³-hybridized carbons (Fsp3) is 1.00.